The topological polar surface area (TPSA) is 70.5 Å². The molecular formula is C26H27F3N2O3S. The van der Waals surface area contributed by atoms with E-state index < -0.39 is 17.9 Å². The Morgan fingerprint density at radius 3 is 2.49 bits per heavy atom. The van der Waals surface area contributed by atoms with Gasteiger partial charge in [0.1, 0.15) is 5.75 Å². The maximum Gasteiger partial charge on any atom is 0.573 e. The highest BCUT2D eigenvalue weighted by Gasteiger charge is 2.31. The van der Waals surface area contributed by atoms with E-state index in [1.54, 1.807) is 23.6 Å². The van der Waals surface area contributed by atoms with Gasteiger partial charge in [0.05, 0.1) is 5.71 Å². The zero-order valence-corrected chi connectivity index (χ0v) is 20.8. The second-order valence-electron chi connectivity index (χ2n) is 8.46. The molecule has 1 aliphatic heterocycles. The number of alkyl halides is 3. The van der Waals surface area contributed by atoms with Gasteiger partial charge in [0.15, 0.2) is 0 Å². The van der Waals surface area contributed by atoms with Crippen molar-refractivity contribution >= 4 is 40.4 Å². The SMILES string of the molecule is CC(=O)N1CCc2cc(/C(C)=C(\C)SC(C)CC(=N)C(=O)c3cccc(OC(F)(F)F)c3)ccc21. The molecule has 0 aliphatic carbocycles. The molecule has 2 aromatic carbocycles. The highest BCUT2D eigenvalue weighted by atomic mass is 32.2. The molecule has 0 radical (unpaired) electrons. The molecule has 5 nitrogen and oxygen atoms in total. The smallest absolute Gasteiger partial charge is 0.406 e. The lowest BCUT2D eigenvalue weighted by Gasteiger charge is -2.17. The molecule has 186 valence electrons. The first-order valence-electron chi connectivity index (χ1n) is 11.1. The van der Waals surface area contributed by atoms with Crippen LogP contribution in [0, 0.1) is 5.41 Å². The Bertz CT molecular complexity index is 1190. The minimum Gasteiger partial charge on any atom is -0.406 e. The molecule has 2 aromatic rings. The molecule has 0 saturated heterocycles. The molecule has 3 rings (SSSR count). The van der Waals surface area contributed by atoms with Crippen LogP contribution >= 0.6 is 11.8 Å². The van der Waals surface area contributed by atoms with Gasteiger partial charge in [-0.1, -0.05) is 25.1 Å². The molecule has 35 heavy (non-hydrogen) atoms. The lowest BCUT2D eigenvalue weighted by Crippen LogP contribution is -2.25. The second-order valence-corrected chi connectivity index (χ2v) is 10.1. The van der Waals surface area contributed by atoms with E-state index in [1.165, 1.54) is 12.1 Å². The number of carbonyl (C=O) groups excluding carboxylic acids is 2. The molecule has 1 N–H and O–H groups in total. The predicted octanol–water partition coefficient (Wildman–Crippen LogP) is 6.66. The van der Waals surface area contributed by atoms with Gasteiger partial charge in [0, 0.05) is 36.4 Å². The third-order valence-electron chi connectivity index (χ3n) is 5.79. The van der Waals surface area contributed by atoms with Gasteiger partial charge in [-0.15, -0.1) is 24.9 Å². The average molecular weight is 505 g/mol. The van der Waals surface area contributed by atoms with Crippen molar-refractivity contribution in [2.75, 3.05) is 11.4 Å². The summed E-state index contributed by atoms with van der Waals surface area (Å²) in [5.74, 6) is -1.09. The predicted molar refractivity (Wildman–Crippen MR) is 133 cm³/mol. The number of rotatable bonds is 8. The first-order chi connectivity index (χ1) is 16.4. The number of fused-ring (bicyclic) bond motifs is 1. The maximum absolute atomic E-state index is 12.6. The molecule has 1 atom stereocenters. The lowest BCUT2D eigenvalue weighted by atomic mass is 10.0. The van der Waals surface area contributed by atoms with Gasteiger partial charge in [-0.2, -0.15) is 0 Å². The molecule has 0 spiro atoms. The van der Waals surface area contributed by atoms with Gasteiger partial charge in [-0.05, 0) is 66.1 Å². The van der Waals surface area contributed by atoms with Crippen molar-refractivity contribution in [3.05, 3.63) is 64.1 Å². The van der Waals surface area contributed by atoms with Gasteiger partial charge in [0.25, 0.3) is 0 Å². The van der Waals surface area contributed by atoms with Crippen LogP contribution in [0.2, 0.25) is 0 Å². The highest BCUT2D eigenvalue weighted by Crippen LogP contribution is 2.35. The number of anilines is 1. The summed E-state index contributed by atoms with van der Waals surface area (Å²) in [6, 6.07) is 10.8. The van der Waals surface area contributed by atoms with E-state index in [-0.39, 0.29) is 28.9 Å². The monoisotopic (exact) mass is 504 g/mol. The number of halogens is 3. The molecule has 0 saturated carbocycles. The summed E-state index contributed by atoms with van der Waals surface area (Å²) in [4.78, 5) is 27.2. The van der Waals surface area contributed by atoms with Crippen molar-refractivity contribution in [2.45, 2.75) is 52.1 Å². The van der Waals surface area contributed by atoms with Crippen molar-refractivity contribution in [3.63, 3.8) is 0 Å². The van der Waals surface area contributed by atoms with Crippen LogP contribution in [0.3, 0.4) is 0 Å². The van der Waals surface area contributed by atoms with E-state index in [0.29, 0.717) is 6.54 Å². The molecule has 1 aliphatic rings. The summed E-state index contributed by atoms with van der Waals surface area (Å²) in [6.45, 7) is 8.14. The minimum absolute atomic E-state index is 0.0184. The first kappa shape index (κ1) is 26.5. The molecule has 1 heterocycles. The van der Waals surface area contributed by atoms with Crippen molar-refractivity contribution in [1.82, 2.24) is 0 Å². The van der Waals surface area contributed by atoms with Crippen LogP contribution in [-0.4, -0.2) is 35.6 Å². The third-order valence-corrected chi connectivity index (χ3v) is 7.02. The van der Waals surface area contributed by atoms with Crippen LogP contribution in [0.5, 0.6) is 5.75 Å². The Balaban J connectivity index is 1.65. The Hall–Kier alpha value is -3.07. The number of ketones is 1. The average Bonchev–Trinajstić information content (AvgIpc) is 3.20. The zero-order chi connectivity index (χ0) is 25.9. The summed E-state index contributed by atoms with van der Waals surface area (Å²) < 4.78 is 41.2. The van der Waals surface area contributed by atoms with Crippen LogP contribution in [0.15, 0.2) is 47.4 Å². The maximum atomic E-state index is 12.6. The number of allylic oxidation sites excluding steroid dienone is 2. The fourth-order valence-corrected chi connectivity index (χ4v) is 5.13. The van der Waals surface area contributed by atoms with E-state index in [0.717, 1.165) is 45.8 Å². The van der Waals surface area contributed by atoms with Gasteiger partial charge in [-0.25, -0.2) is 0 Å². The number of Topliss-reactive ketones (excluding diaryl/α,β-unsaturated/α-hetero) is 1. The van der Waals surface area contributed by atoms with E-state index in [9.17, 15) is 22.8 Å². The standard InChI is InChI=1S/C26H27F3N2O3S/c1-15(12-23(30)25(33)21-6-5-7-22(14-21)34-26(27,28)29)35-17(3)16(2)19-8-9-24-20(13-19)10-11-31(24)18(4)32/h5-9,13-15,30H,10-12H2,1-4H3/b17-16+,30-23?. The molecule has 0 bridgehead atoms. The Morgan fingerprint density at radius 2 is 1.83 bits per heavy atom. The largest absolute Gasteiger partial charge is 0.573 e. The van der Waals surface area contributed by atoms with Crippen LogP contribution < -0.4 is 9.64 Å². The van der Waals surface area contributed by atoms with Gasteiger partial charge >= 0.3 is 6.36 Å². The van der Waals surface area contributed by atoms with Gasteiger partial charge in [-0.3, -0.25) is 9.59 Å². The number of hydrogen-bond acceptors (Lipinski definition) is 5. The van der Waals surface area contributed by atoms with E-state index >= 15 is 0 Å². The first-order valence-corrected chi connectivity index (χ1v) is 12.0. The van der Waals surface area contributed by atoms with Gasteiger partial charge in [0.2, 0.25) is 11.7 Å². The van der Waals surface area contributed by atoms with Crippen LogP contribution in [0.25, 0.3) is 5.57 Å². The number of benzene rings is 2. The van der Waals surface area contributed by atoms with Crippen molar-refractivity contribution in [1.29, 1.82) is 5.41 Å². The summed E-state index contributed by atoms with van der Waals surface area (Å²) >= 11 is 1.54. The fourth-order valence-electron chi connectivity index (χ4n) is 3.99. The van der Waals surface area contributed by atoms with Crippen LogP contribution in [0.1, 0.15) is 55.6 Å². The van der Waals surface area contributed by atoms with Crippen molar-refractivity contribution < 1.29 is 27.5 Å². The Labute approximate surface area is 206 Å². The number of hydrogen-bond donors (Lipinski definition) is 1. The normalized spacial score (nSPS) is 14.8. The van der Waals surface area contributed by atoms with E-state index in [2.05, 4.69) is 10.8 Å². The summed E-state index contributed by atoms with van der Waals surface area (Å²) in [7, 11) is 0. The molecule has 9 heteroatoms. The number of ether oxygens (including phenoxy) is 1. The fraction of sp³-hybridized carbons (Fsp3) is 0.346. The second kappa shape index (κ2) is 10.7. The van der Waals surface area contributed by atoms with Crippen molar-refractivity contribution in [2.24, 2.45) is 0 Å². The number of carbonyl (C=O) groups is 2. The number of thioether (sulfide) groups is 1. The summed E-state index contributed by atoms with van der Waals surface area (Å²) in [5.41, 5.74) is 4.01. The van der Waals surface area contributed by atoms with Crippen LogP contribution in [-0.2, 0) is 11.2 Å². The quantitative estimate of drug-likeness (QED) is 0.322. The molecule has 1 unspecified atom stereocenters. The highest BCUT2D eigenvalue weighted by molar-refractivity contribution is 8.03. The van der Waals surface area contributed by atoms with Gasteiger partial charge < -0.3 is 15.0 Å². The molecular weight excluding hydrogens is 477 g/mol. The number of nitrogens with zero attached hydrogens (tertiary/aromatic N) is 1. The van der Waals surface area contributed by atoms with E-state index in [4.69, 9.17) is 5.41 Å². The summed E-state index contributed by atoms with van der Waals surface area (Å²) in [5, 5.41) is 8.09. The lowest BCUT2D eigenvalue weighted by molar-refractivity contribution is -0.274. The minimum atomic E-state index is -4.85. The molecule has 1 amide bonds. The molecule has 0 fully saturated rings. The summed E-state index contributed by atoms with van der Waals surface area (Å²) in [6.07, 6.45) is -3.88. The Morgan fingerprint density at radius 1 is 1.11 bits per heavy atom. The number of nitrogens with one attached hydrogen (secondary N) is 1. The third kappa shape index (κ3) is 6.75. The van der Waals surface area contributed by atoms with Crippen LogP contribution in [0.4, 0.5) is 18.9 Å². The Kier molecular flexibility index (Phi) is 8.10. The number of amides is 1. The molecule has 0 aromatic heterocycles. The zero-order valence-electron chi connectivity index (χ0n) is 20.0. The van der Waals surface area contributed by atoms with Crippen molar-refractivity contribution in [3.8, 4) is 5.75 Å². The van der Waals surface area contributed by atoms with E-state index in [1.807, 2.05) is 32.9 Å².